The lowest BCUT2D eigenvalue weighted by Crippen LogP contribution is -2.42. The number of carboxylic acids is 3. The molecule has 0 aliphatic heterocycles. The highest BCUT2D eigenvalue weighted by Gasteiger charge is 2.40. The number of hydrogen-bond donors (Lipinski definition) is 5. The zero-order chi connectivity index (χ0) is 23.6. The smallest absolute Gasteiger partial charge is 0.336 e. The van der Waals surface area contributed by atoms with E-state index in [1.807, 2.05) is 6.07 Å². The molecule has 1 aliphatic rings. The first-order valence-electron chi connectivity index (χ1n) is 9.50. The van der Waals surface area contributed by atoms with Crippen molar-refractivity contribution < 1.29 is 39.2 Å². The third-order valence-electron chi connectivity index (χ3n) is 5.17. The summed E-state index contributed by atoms with van der Waals surface area (Å²) < 4.78 is 13.8. The van der Waals surface area contributed by atoms with E-state index in [-0.39, 0.29) is 11.2 Å². The molecule has 1 aliphatic carbocycles. The molecule has 9 nitrogen and oxygen atoms in total. The number of aliphatic carboxylic acids is 3. The minimum absolute atomic E-state index is 0.257. The van der Waals surface area contributed by atoms with Crippen LogP contribution in [-0.2, 0) is 27.2 Å². The Morgan fingerprint density at radius 1 is 1.16 bits per heavy atom. The molecule has 168 valence electrons. The van der Waals surface area contributed by atoms with Gasteiger partial charge in [-0.15, -0.1) is 0 Å². The highest BCUT2D eigenvalue weighted by Crippen LogP contribution is 2.39. The SMILES string of the molecule is CC1(C)CCc2c(nc3cccc(F)c3c2N)C1.O=C(O)CC(O)(CC(=O)O)C(=O)O. The lowest BCUT2D eigenvalue weighted by molar-refractivity contribution is -0.170. The van der Waals surface area contributed by atoms with Crippen LogP contribution in [0.1, 0.15) is 44.4 Å². The summed E-state index contributed by atoms with van der Waals surface area (Å²) in [6, 6.07) is 4.96. The number of aromatic nitrogens is 1. The fourth-order valence-electron chi connectivity index (χ4n) is 3.54. The molecule has 10 heteroatoms. The Bertz CT molecular complexity index is 1020. The van der Waals surface area contributed by atoms with Gasteiger partial charge in [0.2, 0.25) is 0 Å². The quantitative estimate of drug-likeness (QED) is 0.471. The van der Waals surface area contributed by atoms with Gasteiger partial charge in [-0.1, -0.05) is 19.9 Å². The molecule has 2 aromatic rings. The highest BCUT2D eigenvalue weighted by atomic mass is 19.1. The van der Waals surface area contributed by atoms with Gasteiger partial charge in [0.15, 0.2) is 5.60 Å². The molecule has 1 aromatic heterocycles. The van der Waals surface area contributed by atoms with Gasteiger partial charge in [-0.2, -0.15) is 0 Å². The van der Waals surface area contributed by atoms with Crippen LogP contribution in [0.25, 0.3) is 10.9 Å². The molecule has 31 heavy (non-hydrogen) atoms. The first kappa shape index (κ1) is 24.0. The van der Waals surface area contributed by atoms with Crippen molar-refractivity contribution in [2.24, 2.45) is 5.41 Å². The number of anilines is 1. The van der Waals surface area contributed by atoms with Crippen LogP contribution in [0.15, 0.2) is 18.2 Å². The lowest BCUT2D eigenvalue weighted by atomic mass is 9.75. The monoisotopic (exact) mass is 436 g/mol. The number of halogens is 1. The Kier molecular flexibility index (Phi) is 6.85. The van der Waals surface area contributed by atoms with Gasteiger partial charge < -0.3 is 26.2 Å². The largest absolute Gasteiger partial charge is 0.481 e. The van der Waals surface area contributed by atoms with Crippen molar-refractivity contribution in [1.29, 1.82) is 0 Å². The molecule has 3 rings (SSSR count). The van der Waals surface area contributed by atoms with Crippen molar-refractivity contribution in [2.45, 2.75) is 51.6 Å². The number of rotatable bonds is 5. The summed E-state index contributed by atoms with van der Waals surface area (Å²) in [6.45, 7) is 4.48. The number of benzene rings is 1. The summed E-state index contributed by atoms with van der Waals surface area (Å²) in [5.41, 5.74) is 7.02. The van der Waals surface area contributed by atoms with E-state index < -0.39 is 36.4 Å². The predicted molar refractivity (Wildman–Crippen MR) is 109 cm³/mol. The minimum Gasteiger partial charge on any atom is -0.481 e. The number of pyridine rings is 1. The number of nitrogen functional groups attached to an aromatic ring is 1. The Hall–Kier alpha value is -3.27. The van der Waals surface area contributed by atoms with Crippen molar-refractivity contribution in [3.8, 4) is 0 Å². The second kappa shape index (κ2) is 8.84. The van der Waals surface area contributed by atoms with Crippen molar-refractivity contribution in [1.82, 2.24) is 4.98 Å². The molecule has 0 unspecified atom stereocenters. The van der Waals surface area contributed by atoms with E-state index in [1.165, 1.54) is 6.07 Å². The Balaban J connectivity index is 0.000000235. The third-order valence-corrected chi connectivity index (χ3v) is 5.17. The molecule has 0 fully saturated rings. The summed E-state index contributed by atoms with van der Waals surface area (Å²) >= 11 is 0. The molecular weight excluding hydrogens is 411 g/mol. The standard InChI is InChI=1S/C15H17FN2.C6H8O7/c1-15(2)7-6-9-12(8-15)18-11-5-3-4-10(16)13(11)14(9)17;7-3(8)1-6(13,5(11)12)2-4(9)10/h3-5H,6-8H2,1-2H3,(H2,17,18);13H,1-2H2,(H,7,8)(H,9,10)(H,11,12). The van der Waals surface area contributed by atoms with E-state index in [2.05, 4.69) is 18.8 Å². The summed E-state index contributed by atoms with van der Waals surface area (Å²) in [4.78, 5) is 35.1. The van der Waals surface area contributed by atoms with E-state index in [0.717, 1.165) is 30.5 Å². The van der Waals surface area contributed by atoms with Crippen molar-refractivity contribution >= 4 is 34.5 Å². The number of hydrogen-bond acceptors (Lipinski definition) is 6. The van der Waals surface area contributed by atoms with Crippen LogP contribution in [0.5, 0.6) is 0 Å². The third kappa shape index (κ3) is 5.66. The molecule has 1 heterocycles. The maximum absolute atomic E-state index is 13.8. The van der Waals surface area contributed by atoms with E-state index in [1.54, 1.807) is 6.07 Å². The van der Waals surface area contributed by atoms with Gasteiger partial charge in [0.1, 0.15) is 5.82 Å². The normalized spacial score (nSPS) is 14.8. The predicted octanol–water partition coefficient (Wildman–Crippen LogP) is 2.22. The number of fused-ring (bicyclic) bond motifs is 2. The van der Waals surface area contributed by atoms with Crippen LogP contribution >= 0.6 is 0 Å². The second-order valence-electron chi connectivity index (χ2n) is 8.40. The summed E-state index contributed by atoms with van der Waals surface area (Å²) in [5, 5.41) is 34.3. The molecule has 1 aromatic carbocycles. The first-order chi connectivity index (χ1) is 14.3. The van der Waals surface area contributed by atoms with E-state index in [4.69, 9.17) is 26.2 Å². The second-order valence-corrected chi connectivity index (χ2v) is 8.40. The lowest BCUT2D eigenvalue weighted by Gasteiger charge is -2.31. The van der Waals surface area contributed by atoms with Gasteiger partial charge in [0.05, 0.1) is 23.7 Å². The van der Waals surface area contributed by atoms with Crippen molar-refractivity contribution in [3.05, 3.63) is 35.3 Å². The summed E-state index contributed by atoms with van der Waals surface area (Å²) in [7, 11) is 0. The number of carbonyl (C=O) groups is 3. The Morgan fingerprint density at radius 3 is 2.26 bits per heavy atom. The average Bonchev–Trinajstić information content (AvgIpc) is 2.59. The van der Waals surface area contributed by atoms with Gasteiger partial charge in [0.25, 0.3) is 0 Å². The Morgan fingerprint density at radius 2 is 1.74 bits per heavy atom. The van der Waals surface area contributed by atoms with Crippen LogP contribution < -0.4 is 5.73 Å². The molecule has 0 saturated carbocycles. The van der Waals surface area contributed by atoms with Gasteiger partial charge in [-0.25, -0.2) is 9.18 Å². The van der Waals surface area contributed by atoms with Crippen LogP contribution in [-0.4, -0.2) is 48.9 Å². The van der Waals surface area contributed by atoms with Crippen molar-refractivity contribution in [3.63, 3.8) is 0 Å². The minimum atomic E-state index is -2.74. The number of nitrogens with two attached hydrogens (primary N) is 1. The molecule has 0 atom stereocenters. The average molecular weight is 436 g/mol. The zero-order valence-corrected chi connectivity index (χ0v) is 17.2. The van der Waals surface area contributed by atoms with Gasteiger partial charge >= 0.3 is 17.9 Å². The van der Waals surface area contributed by atoms with Crippen LogP contribution in [0.3, 0.4) is 0 Å². The fraction of sp³-hybridized carbons (Fsp3) is 0.429. The maximum Gasteiger partial charge on any atom is 0.336 e. The number of nitrogens with zero attached hydrogens (tertiary/aromatic N) is 1. The topological polar surface area (TPSA) is 171 Å². The van der Waals surface area contributed by atoms with Crippen molar-refractivity contribution in [2.75, 3.05) is 5.73 Å². The molecule has 6 N–H and O–H groups in total. The van der Waals surface area contributed by atoms with E-state index in [9.17, 15) is 18.8 Å². The fourth-order valence-corrected chi connectivity index (χ4v) is 3.54. The summed E-state index contributed by atoms with van der Waals surface area (Å²) in [6.07, 6.45) is 0.597. The van der Waals surface area contributed by atoms with E-state index in [0.29, 0.717) is 16.6 Å². The number of aliphatic hydroxyl groups is 1. The van der Waals surface area contributed by atoms with Gasteiger partial charge in [0, 0.05) is 11.4 Å². The molecule has 0 radical (unpaired) electrons. The number of carboxylic acid groups (broad SMARTS) is 3. The van der Waals surface area contributed by atoms with E-state index >= 15 is 0 Å². The van der Waals surface area contributed by atoms with Crippen LogP contribution in [0, 0.1) is 11.2 Å². The van der Waals surface area contributed by atoms with Gasteiger partial charge in [-0.3, -0.25) is 14.6 Å². The molecule has 0 bridgehead atoms. The van der Waals surface area contributed by atoms with Crippen LogP contribution in [0.4, 0.5) is 10.1 Å². The molecule has 0 amide bonds. The first-order valence-corrected chi connectivity index (χ1v) is 9.50. The maximum atomic E-state index is 13.8. The zero-order valence-electron chi connectivity index (χ0n) is 17.2. The highest BCUT2D eigenvalue weighted by molar-refractivity contribution is 5.93. The Labute approximate surface area is 177 Å². The van der Waals surface area contributed by atoms with Crippen LogP contribution in [0.2, 0.25) is 0 Å². The molecular formula is C21H25FN2O7. The molecule has 0 saturated heterocycles. The summed E-state index contributed by atoms with van der Waals surface area (Å²) in [5.74, 6) is -5.29. The van der Waals surface area contributed by atoms with Gasteiger partial charge in [-0.05, 0) is 42.4 Å². The molecule has 0 spiro atoms.